The summed E-state index contributed by atoms with van der Waals surface area (Å²) in [6, 6.07) is 3.83. The molecule has 2 saturated heterocycles. The highest BCUT2D eigenvalue weighted by atomic mass is 16.6. The first-order valence-corrected chi connectivity index (χ1v) is 8.39. The van der Waals surface area contributed by atoms with Gasteiger partial charge in [0, 0.05) is 30.8 Å². The number of morpholine rings is 1. The Labute approximate surface area is 143 Å². The highest BCUT2D eigenvalue weighted by molar-refractivity contribution is 5.91. The number of carbonyl (C=O) groups is 1. The number of rotatable bonds is 2. The first kappa shape index (κ1) is 17.0. The molecule has 1 aromatic rings. The lowest BCUT2D eigenvalue weighted by Crippen LogP contribution is -2.57. The molecule has 1 N–H and O–H groups in total. The minimum Gasteiger partial charge on any atom is -0.496 e. The van der Waals surface area contributed by atoms with Crippen LogP contribution in [0, 0.1) is 13.8 Å². The van der Waals surface area contributed by atoms with Gasteiger partial charge >= 0.3 is 6.03 Å². The van der Waals surface area contributed by atoms with Crippen LogP contribution in [0.4, 0.5) is 10.5 Å². The molecule has 2 heterocycles. The van der Waals surface area contributed by atoms with Crippen molar-refractivity contribution < 1.29 is 19.0 Å². The maximum Gasteiger partial charge on any atom is 0.322 e. The lowest BCUT2D eigenvalue weighted by atomic mass is 9.99. The Balaban J connectivity index is 1.76. The Hall–Kier alpha value is -1.79. The van der Waals surface area contributed by atoms with Crippen LogP contribution in [-0.4, -0.2) is 56.0 Å². The van der Waals surface area contributed by atoms with Gasteiger partial charge in [-0.2, -0.15) is 0 Å². The number of methoxy groups -OCH3 is 1. The minimum atomic E-state index is -0.353. The first-order chi connectivity index (χ1) is 11.4. The van der Waals surface area contributed by atoms with Crippen LogP contribution in [0.3, 0.4) is 0 Å². The highest BCUT2D eigenvalue weighted by Crippen LogP contribution is 2.31. The predicted molar refractivity (Wildman–Crippen MR) is 91.8 cm³/mol. The number of anilines is 1. The molecule has 132 valence electrons. The molecule has 0 saturated carbocycles. The van der Waals surface area contributed by atoms with Gasteiger partial charge in [0.1, 0.15) is 11.4 Å². The molecule has 3 rings (SSSR count). The Kier molecular flexibility index (Phi) is 4.69. The summed E-state index contributed by atoms with van der Waals surface area (Å²) in [5.41, 5.74) is 2.40. The molecule has 2 amide bonds. The van der Waals surface area contributed by atoms with Gasteiger partial charge in [-0.25, -0.2) is 4.79 Å². The van der Waals surface area contributed by atoms with Gasteiger partial charge in [0.05, 0.1) is 26.4 Å². The molecule has 0 aromatic heterocycles. The summed E-state index contributed by atoms with van der Waals surface area (Å²) in [5, 5.41) is 3.03. The monoisotopic (exact) mass is 334 g/mol. The van der Waals surface area contributed by atoms with E-state index < -0.39 is 0 Å². The lowest BCUT2D eigenvalue weighted by molar-refractivity contribution is -0.136. The van der Waals surface area contributed by atoms with Crippen LogP contribution in [0.2, 0.25) is 0 Å². The molecule has 2 fully saturated rings. The fraction of sp³-hybridized carbons (Fsp3) is 0.611. The van der Waals surface area contributed by atoms with E-state index in [1.54, 1.807) is 7.11 Å². The number of ether oxygens (including phenoxy) is 3. The van der Waals surface area contributed by atoms with Crippen molar-refractivity contribution in [3.05, 3.63) is 23.3 Å². The third-order valence-electron chi connectivity index (χ3n) is 4.73. The minimum absolute atomic E-state index is 0.000609. The second-order valence-corrected chi connectivity index (χ2v) is 6.86. The molecule has 0 bridgehead atoms. The van der Waals surface area contributed by atoms with Gasteiger partial charge in [-0.15, -0.1) is 0 Å². The number of nitrogens with one attached hydrogen (secondary N) is 1. The van der Waals surface area contributed by atoms with Crippen molar-refractivity contribution in [1.82, 2.24) is 4.90 Å². The van der Waals surface area contributed by atoms with Crippen LogP contribution < -0.4 is 10.1 Å². The molecule has 24 heavy (non-hydrogen) atoms. The Morgan fingerprint density at radius 3 is 2.88 bits per heavy atom. The summed E-state index contributed by atoms with van der Waals surface area (Å²) in [4.78, 5) is 14.6. The average molecular weight is 334 g/mol. The van der Waals surface area contributed by atoms with Crippen molar-refractivity contribution >= 4 is 11.7 Å². The van der Waals surface area contributed by atoms with Gasteiger partial charge < -0.3 is 24.4 Å². The van der Waals surface area contributed by atoms with Crippen molar-refractivity contribution in [2.24, 2.45) is 0 Å². The summed E-state index contributed by atoms with van der Waals surface area (Å²) in [5.74, 6) is 0.779. The van der Waals surface area contributed by atoms with Gasteiger partial charge in [-0.3, -0.25) is 0 Å². The van der Waals surface area contributed by atoms with Gasteiger partial charge in [0.25, 0.3) is 0 Å². The standard InChI is InChI=1S/C18H26N2O4/c1-12-7-15(14(3)16(8-12)22-4)19-17(21)20-9-13(2)24-18(10-20)5-6-23-11-18/h7-8,13H,5-6,9-11H2,1-4H3,(H,19,21)/t13-,18+/m0/s1. The number of urea groups is 1. The molecule has 1 spiro atoms. The summed E-state index contributed by atoms with van der Waals surface area (Å²) >= 11 is 0. The SMILES string of the molecule is COc1cc(C)cc(NC(=O)N2C[C@H](C)O[C@]3(CCOC3)C2)c1C. The average Bonchev–Trinajstić information content (AvgIpc) is 2.97. The second-order valence-electron chi connectivity index (χ2n) is 6.86. The number of aryl methyl sites for hydroxylation is 1. The van der Waals surface area contributed by atoms with E-state index in [0.717, 1.165) is 29.0 Å². The van der Waals surface area contributed by atoms with Crippen molar-refractivity contribution in [3.63, 3.8) is 0 Å². The summed E-state index contributed by atoms with van der Waals surface area (Å²) < 4.78 is 17.0. The summed E-state index contributed by atoms with van der Waals surface area (Å²) in [6.07, 6.45) is 0.831. The van der Waals surface area contributed by atoms with Crippen molar-refractivity contribution in [3.8, 4) is 5.75 Å². The molecule has 2 aliphatic heterocycles. The first-order valence-electron chi connectivity index (χ1n) is 8.39. The van der Waals surface area contributed by atoms with E-state index in [1.165, 1.54) is 0 Å². The van der Waals surface area contributed by atoms with E-state index in [-0.39, 0.29) is 17.7 Å². The van der Waals surface area contributed by atoms with Crippen molar-refractivity contribution in [1.29, 1.82) is 0 Å². The van der Waals surface area contributed by atoms with E-state index in [2.05, 4.69) is 5.32 Å². The quantitative estimate of drug-likeness (QED) is 0.903. The molecule has 6 nitrogen and oxygen atoms in total. The fourth-order valence-electron chi connectivity index (χ4n) is 3.55. The van der Waals surface area contributed by atoms with Crippen LogP contribution in [0.1, 0.15) is 24.5 Å². The Bertz CT molecular complexity index is 626. The Morgan fingerprint density at radius 1 is 1.42 bits per heavy atom. The van der Waals surface area contributed by atoms with Crippen LogP contribution in [-0.2, 0) is 9.47 Å². The number of hydrogen-bond acceptors (Lipinski definition) is 4. The fourth-order valence-corrected chi connectivity index (χ4v) is 3.55. The molecule has 0 aliphatic carbocycles. The van der Waals surface area contributed by atoms with E-state index in [4.69, 9.17) is 14.2 Å². The van der Waals surface area contributed by atoms with Gasteiger partial charge in [0.15, 0.2) is 0 Å². The summed E-state index contributed by atoms with van der Waals surface area (Å²) in [7, 11) is 1.64. The lowest BCUT2D eigenvalue weighted by Gasteiger charge is -2.42. The maximum absolute atomic E-state index is 12.8. The van der Waals surface area contributed by atoms with Crippen LogP contribution in [0.25, 0.3) is 0 Å². The van der Waals surface area contributed by atoms with E-state index >= 15 is 0 Å². The third kappa shape index (κ3) is 3.35. The van der Waals surface area contributed by atoms with Crippen molar-refractivity contribution in [2.75, 3.05) is 38.7 Å². The largest absolute Gasteiger partial charge is 0.496 e. The Morgan fingerprint density at radius 2 is 2.21 bits per heavy atom. The number of amides is 2. The molecule has 0 radical (unpaired) electrons. The van der Waals surface area contributed by atoms with E-state index in [9.17, 15) is 4.79 Å². The highest BCUT2D eigenvalue weighted by Gasteiger charge is 2.44. The van der Waals surface area contributed by atoms with Gasteiger partial charge in [0.2, 0.25) is 0 Å². The number of benzene rings is 1. The second kappa shape index (κ2) is 6.61. The zero-order chi connectivity index (χ0) is 17.3. The van der Waals surface area contributed by atoms with Gasteiger partial charge in [-0.05, 0) is 38.5 Å². The van der Waals surface area contributed by atoms with E-state index in [1.807, 2.05) is 37.8 Å². The molecule has 6 heteroatoms. The maximum atomic E-state index is 12.8. The molecule has 2 aliphatic rings. The zero-order valence-corrected chi connectivity index (χ0v) is 14.8. The molecule has 1 aromatic carbocycles. The van der Waals surface area contributed by atoms with Crippen LogP contribution >= 0.6 is 0 Å². The number of nitrogens with zero attached hydrogens (tertiary/aromatic N) is 1. The zero-order valence-electron chi connectivity index (χ0n) is 14.8. The number of carbonyl (C=O) groups excluding carboxylic acids is 1. The predicted octanol–water partition coefficient (Wildman–Crippen LogP) is 2.72. The molecular weight excluding hydrogens is 308 g/mol. The van der Waals surface area contributed by atoms with Crippen LogP contribution in [0.15, 0.2) is 12.1 Å². The topological polar surface area (TPSA) is 60.0 Å². The molecule has 0 unspecified atom stereocenters. The van der Waals surface area contributed by atoms with E-state index in [0.29, 0.717) is 26.3 Å². The van der Waals surface area contributed by atoms with Gasteiger partial charge in [-0.1, -0.05) is 0 Å². The van der Waals surface area contributed by atoms with Crippen LogP contribution in [0.5, 0.6) is 5.75 Å². The smallest absolute Gasteiger partial charge is 0.322 e. The normalized spacial score (nSPS) is 26.7. The third-order valence-corrected chi connectivity index (χ3v) is 4.73. The summed E-state index contributed by atoms with van der Waals surface area (Å²) in [6.45, 7) is 8.32. The molecule has 2 atom stereocenters. The van der Waals surface area contributed by atoms with Crippen molar-refractivity contribution in [2.45, 2.75) is 38.9 Å². The number of hydrogen-bond donors (Lipinski definition) is 1. The molecular formula is C18H26N2O4.